The topological polar surface area (TPSA) is 79.9 Å². The normalized spacial score (nSPS) is 11.9. The maximum atomic E-state index is 11.5. The van der Waals surface area contributed by atoms with Crippen molar-refractivity contribution in [3.05, 3.63) is 33.8 Å². The van der Waals surface area contributed by atoms with Gasteiger partial charge in [-0.1, -0.05) is 0 Å². The number of benzene rings is 1. The van der Waals surface area contributed by atoms with E-state index < -0.39 is 15.4 Å². The van der Waals surface area contributed by atoms with Gasteiger partial charge in [0.1, 0.15) is 0 Å². The lowest BCUT2D eigenvalue weighted by Gasteiger charge is -2.00. The van der Waals surface area contributed by atoms with Crippen molar-refractivity contribution >= 4 is 32.3 Å². The summed E-state index contributed by atoms with van der Waals surface area (Å²) < 4.78 is 22.6. The summed E-state index contributed by atoms with van der Waals surface area (Å²) in [4.78, 5) is 17.8. The van der Waals surface area contributed by atoms with Crippen LogP contribution in [-0.4, -0.2) is 24.6 Å². The number of aromatic amines is 1. The summed E-state index contributed by atoms with van der Waals surface area (Å²) in [6, 6.07) is 4.13. The van der Waals surface area contributed by atoms with Crippen molar-refractivity contribution in [1.82, 2.24) is 9.97 Å². The van der Waals surface area contributed by atoms with Crippen LogP contribution in [0, 0.1) is 0 Å². The van der Waals surface area contributed by atoms with Crippen molar-refractivity contribution in [1.29, 1.82) is 0 Å². The second kappa shape index (κ2) is 3.57. The van der Waals surface area contributed by atoms with Crippen molar-refractivity contribution in [2.24, 2.45) is 0 Å². The van der Waals surface area contributed by atoms with Crippen LogP contribution < -0.4 is 5.56 Å². The monoisotopic (exact) mass is 258 g/mol. The average Bonchev–Trinajstić information content (AvgIpc) is 2.15. The van der Waals surface area contributed by atoms with Gasteiger partial charge in [0.2, 0.25) is 5.28 Å². The molecule has 0 spiro atoms. The third kappa shape index (κ3) is 1.94. The molecule has 0 aliphatic carbocycles. The third-order valence-corrected chi connectivity index (χ3v) is 3.37. The van der Waals surface area contributed by atoms with Crippen molar-refractivity contribution in [2.75, 3.05) is 6.26 Å². The highest BCUT2D eigenvalue weighted by Gasteiger charge is 2.10. The molecule has 0 saturated heterocycles. The van der Waals surface area contributed by atoms with Crippen LogP contribution in [0.4, 0.5) is 0 Å². The Morgan fingerprint density at radius 1 is 1.38 bits per heavy atom. The molecule has 1 heterocycles. The van der Waals surface area contributed by atoms with Gasteiger partial charge in [0.25, 0.3) is 5.56 Å². The van der Waals surface area contributed by atoms with Crippen LogP contribution in [0.1, 0.15) is 0 Å². The highest BCUT2D eigenvalue weighted by atomic mass is 35.5. The van der Waals surface area contributed by atoms with E-state index >= 15 is 0 Å². The zero-order chi connectivity index (χ0) is 11.9. The predicted octanol–water partition coefficient (Wildman–Crippen LogP) is 0.980. The number of H-pyrrole nitrogens is 1. The van der Waals surface area contributed by atoms with E-state index in [0.29, 0.717) is 5.52 Å². The summed E-state index contributed by atoms with van der Waals surface area (Å²) in [5.41, 5.74) is -0.0957. The molecule has 0 saturated carbocycles. The fourth-order valence-corrected chi connectivity index (χ4v) is 2.14. The fraction of sp³-hybridized carbons (Fsp3) is 0.111. The van der Waals surface area contributed by atoms with E-state index in [0.717, 1.165) is 6.26 Å². The van der Waals surface area contributed by atoms with Crippen LogP contribution >= 0.6 is 11.6 Å². The summed E-state index contributed by atoms with van der Waals surface area (Å²) >= 11 is 5.57. The Morgan fingerprint density at radius 3 is 2.69 bits per heavy atom. The van der Waals surface area contributed by atoms with Crippen LogP contribution in [0.25, 0.3) is 10.9 Å². The second-order valence-electron chi connectivity index (χ2n) is 3.31. The molecule has 1 N–H and O–H groups in total. The molecule has 5 nitrogen and oxygen atoms in total. The van der Waals surface area contributed by atoms with Crippen LogP contribution in [0.3, 0.4) is 0 Å². The van der Waals surface area contributed by atoms with Gasteiger partial charge in [-0.15, -0.1) is 0 Å². The smallest absolute Gasteiger partial charge is 0.259 e. The van der Waals surface area contributed by atoms with Crippen LogP contribution in [0.5, 0.6) is 0 Å². The molecule has 0 unspecified atom stereocenters. The molecule has 0 radical (unpaired) electrons. The van der Waals surface area contributed by atoms with Gasteiger partial charge in [0, 0.05) is 6.26 Å². The van der Waals surface area contributed by atoms with Gasteiger partial charge in [-0.05, 0) is 29.8 Å². The summed E-state index contributed by atoms with van der Waals surface area (Å²) in [7, 11) is -3.33. The summed E-state index contributed by atoms with van der Waals surface area (Å²) in [5.74, 6) is 0. The molecule has 0 aliphatic heterocycles. The Kier molecular flexibility index (Phi) is 2.47. The molecule has 84 valence electrons. The number of hydrogen-bond donors (Lipinski definition) is 1. The van der Waals surface area contributed by atoms with Gasteiger partial charge in [0.15, 0.2) is 9.84 Å². The molecule has 16 heavy (non-hydrogen) atoms. The Morgan fingerprint density at radius 2 is 2.06 bits per heavy atom. The van der Waals surface area contributed by atoms with E-state index in [2.05, 4.69) is 9.97 Å². The van der Waals surface area contributed by atoms with Gasteiger partial charge in [0.05, 0.1) is 15.8 Å². The summed E-state index contributed by atoms with van der Waals surface area (Å²) in [6.45, 7) is 0. The maximum absolute atomic E-state index is 11.5. The molecule has 2 rings (SSSR count). The molecular weight excluding hydrogens is 252 g/mol. The van der Waals surface area contributed by atoms with Gasteiger partial charge in [-0.2, -0.15) is 0 Å². The van der Waals surface area contributed by atoms with E-state index in [4.69, 9.17) is 11.6 Å². The first-order chi connectivity index (χ1) is 7.38. The summed E-state index contributed by atoms with van der Waals surface area (Å²) in [5, 5.41) is 0.178. The quantitative estimate of drug-likeness (QED) is 0.774. The third-order valence-electron chi connectivity index (χ3n) is 2.08. The molecule has 0 atom stereocenters. The minimum absolute atomic E-state index is 0.0235. The molecular formula is C9H7ClN2O3S. The summed E-state index contributed by atoms with van der Waals surface area (Å²) in [6.07, 6.45) is 1.08. The zero-order valence-electron chi connectivity index (χ0n) is 8.19. The van der Waals surface area contributed by atoms with Crippen molar-refractivity contribution in [3.63, 3.8) is 0 Å². The Labute approximate surface area is 96.0 Å². The average molecular weight is 259 g/mol. The number of rotatable bonds is 1. The SMILES string of the molecule is CS(=O)(=O)c1ccc2nc(Cl)[nH]c(=O)c2c1. The van der Waals surface area contributed by atoms with Gasteiger partial charge < -0.3 is 0 Å². The molecule has 0 amide bonds. The molecule has 0 fully saturated rings. The van der Waals surface area contributed by atoms with E-state index in [-0.39, 0.29) is 15.6 Å². The van der Waals surface area contributed by atoms with E-state index in [1.54, 1.807) is 0 Å². The van der Waals surface area contributed by atoms with Crippen LogP contribution in [0.2, 0.25) is 5.28 Å². The van der Waals surface area contributed by atoms with E-state index in [9.17, 15) is 13.2 Å². The second-order valence-corrected chi connectivity index (χ2v) is 5.68. The minimum Gasteiger partial charge on any atom is -0.297 e. The van der Waals surface area contributed by atoms with Crippen molar-refractivity contribution in [3.8, 4) is 0 Å². The first-order valence-electron chi connectivity index (χ1n) is 4.27. The maximum Gasteiger partial charge on any atom is 0.259 e. The molecule has 1 aromatic carbocycles. The lowest BCUT2D eigenvalue weighted by atomic mass is 10.2. The van der Waals surface area contributed by atoms with Crippen molar-refractivity contribution < 1.29 is 8.42 Å². The Hall–Kier alpha value is -1.40. The molecule has 1 aromatic heterocycles. The largest absolute Gasteiger partial charge is 0.297 e. The molecule has 7 heteroatoms. The predicted molar refractivity (Wildman–Crippen MR) is 60.5 cm³/mol. The number of halogens is 1. The molecule has 0 bridgehead atoms. The van der Waals surface area contributed by atoms with Gasteiger partial charge in [-0.25, -0.2) is 13.4 Å². The lowest BCUT2D eigenvalue weighted by Crippen LogP contribution is -2.09. The first-order valence-corrected chi connectivity index (χ1v) is 6.54. The Bertz CT molecular complexity index is 721. The zero-order valence-corrected chi connectivity index (χ0v) is 9.76. The fourth-order valence-electron chi connectivity index (χ4n) is 1.32. The van der Waals surface area contributed by atoms with Gasteiger partial charge >= 0.3 is 0 Å². The highest BCUT2D eigenvalue weighted by Crippen LogP contribution is 2.15. The van der Waals surface area contributed by atoms with Crippen molar-refractivity contribution in [2.45, 2.75) is 4.90 Å². The number of sulfone groups is 1. The highest BCUT2D eigenvalue weighted by molar-refractivity contribution is 7.90. The van der Waals surface area contributed by atoms with E-state index in [1.807, 2.05) is 0 Å². The van der Waals surface area contributed by atoms with Crippen LogP contribution in [0.15, 0.2) is 27.9 Å². The number of nitrogens with zero attached hydrogens (tertiary/aromatic N) is 1. The van der Waals surface area contributed by atoms with Crippen LogP contribution in [-0.2, 0) is 9.84 Å². The minimum atomic E-state index is -3.33. The lowest BCUT2D eigenvalue weighted by molar-refractivity contribution is 0.602. The molecule has 2 aromatic rings. The molecule has 0 aliphatic rings. The number of hydrogen-bond acceptors (Lipinski definition) is 4. The van der Waals surface area contributed by atoms with E-state index in [1.165, 1.54) is 18.2 Å². The number of fused-ring (bicyclic) bond motifs is 1. The standard InChI is InChI=1S/C9H7ClN2O3S/c1-16(14,15)5-2-3-7-6(4-5)8(13)12-9(10)11-7/h2-4H,1H3,(H,11,12,13). The number of nitrogens with one attached hydrogen (secondary N) is 1. The Balaban J connectivity index is 2.87. The van der Waals surface area contributed by atoms with Gasteiger partial charge in [-0.3, -0.25) is 9.78 Å². The first kappa shape index (κ1) is 11.1. The number of aromatic nitrogens is 2.